The van der Waals surface area contributed by atoms with Crippen molar-refractivity contribution >= 4 is 40.1 Å². The fourth-order valence-electron chi connectivity index (χ4n) is 3.85. The molecule has 0 saturated carbocycles. The van der Waals surface area contributed by atoms with Gasteiger partial charge in [0.05, 0.1) is 23.3 Å². The molecule has 2 amide bonds. The highest BCUT2D eigenvalue weighted by molar-refractivity contribution is 6.30. The fourth-order valence-corrected chi connectivity index (χ4v) is 4.05. The molecular weight excluding hydrogens is 459 g/mol. The van der Waals surface area contributed by atoms with Crippen LogP contribution >= 0.6 is 11.6 Å². The van der Waals surface area contributed by atoms with Crippen molar-refractivity contribution in [2.24, 2.45) is 0 Å². The van der Waals surface area contributed by atoms with Crippen LogP contribution in [0.15, 0.2) is 43.2 Å². The molecule has 3 aromatic rings. The van der Waals surface area contributed by atoms with Crippen molar-refractivity contribution in [2.75, 3.05) is 6.54 Å². The number of carbonyl (C=O) groups excluding carboxylic acids is 2. The van der Waals surface area contributed by atoms with Gasteiger partial charge in [0, 0.05) is 30.1 Å². The highest BCUT2D eigenvalue weighted by Crippen LogP contribution is 2.26. The molecule has 1 aromatic carbocycles. The number of nitrogens with zero attached hydrogens (tertiary/aromatic N) is 4. The zero-order valence-corrected chi connectivity index (χ0v) is 18.0. The highest BCUT2D eigenvalue weighted by Gasteiger charge is 2.40. The zero-order chi connectivity index (χ0) is 23.7. The number of halogens is 4. The Kier molecular flexibility index (Phi) is 6.37. The molecule has 0 bridgehead atoms. The number of hydrogen-bond donors (Lipinski definition) is 1. The molecule has 0 radical (unpaired) electrons. The molecule has 1 fully saturated rings. The molecule has 2 aromatic heterocycles. The number of nitrogens with one attached hydrogen (secondary N) is 1. The second-order valence-corrected chi connectivity index (χ2v) is 8.04. The van der Waals surface area contributed by atoms with Gasteiger partial charge in [-0.15, -0.1) is 0 Å². The van der Waals surface area contributed by atoms with Crippen molar-refractivity contribution in [1.82, 2.24) is 25.0 Å². The summed E-state index contributed by atoms with van der Waals surface area (Å²) >= 11 is 5.75. The van der Waals surface area contributed by atoms with Gasteiger partial charge in [-0.1, -0.05) is 30.3 Å². The van der Waals surface area contributed by atoms with Crippen molar-refractivity contribution in [3.05, 3.63) is 65.3 Å². The van der Waals surface area contributed by atoms with Gasteiger partial charge in [0.25, 0.3) is 0 Å². The smallest absolute Gasteiger partial charge is 0.245 e. The average Bonchev–Trinajstić information content (AvgIpc) is 3.36. The first kappa shape index (κ1) is 22.8. The zero-order valence-electron chi connectivity index (χ0n) is 17.3. The van der Waals surface area contributed by atoms with Crippen LogP contribution in [0.2, 0.25) is 5.02 Å². The van der Waals surface area contributed by atoms with E-state index in [0.29, 0.717) is 10.9 Å². The maximum absolute atomic E-state index is 14.2. The molecule has 4 rings (SSSR count). The lowest BCUT2D eigenvalue weighted by atomic mass is 10.1. The molecule has 2 unspecified atom stereocenters. The van der Waals surface area contributed by atoms with E-state index >= 15 is 0 Å². The summed E-state index contributed by atoms with van der Waals surface area (Å²) in [7, 11) is 0. The summed E-state index contributed by atoms with van der Waals surface area (Å²) in [6.07, 6.45) is 1.29. The van der Waals surface area contributed by atoms with Crippen molar-refractivity contribution < 1.29 is 22.8 Å². The van der Waals surface area contributed by atoms with Gasteiger partial charge in [0.1, 0.15) is 36.1 Å². The third-order valence-electron chi connectivity index (χ3n) is 5.45. The van der Waals surface area contributed by atoms with E-state index in [1.165, 1.54) is 29.2 Å². The molecule has 33 heavy (non-hydrogen) atoms. The lowest BCUT2D eigenvalue weighted by Crippen LogP contribution is -2.46. The minimum absolute atomic E-state index is 0.0252. The second-order valence-electron chi connectivity index (χ2n) is 7.63. The van der Waals surface area contributed by atoms with Crippen LogP contribution in [-0.2, 0) is 22.7 Å². The summed E-state index contributed by atoms with van der Waals surface area (Å²) in [5.74, 6) is -2.62. The van der Waals surface area contributed by atoms with Crippen molar-refractivity contribution in [2.45, 2.75) is 31.7 Å². The summed E-state index contributed by atoms with van der Waals surface area (Å²) in [5, 5.41) is 6.96. The first-order chi connectivity index (χ1) is 15.8. The van der Waals surface area contributed by atoms with E-state index in [1.54, 1.807) is 12.1 Å². The lowest BCUT2D eigenvalue weighted by Gasteiger charge is -2.23. The van der Waals surface area contributed by atoms with Gasteiger partial charge in [-0.25, -0.2) is 13.2 Å². The number of hydrogen-bond acceptors (Lipinski definition) is 4. The Morgan fingerprint density at radius 1 is 1.30 bits per heavy atom. The third-order valence-corrected chi connectivity index (χ3v) is 5.75. The maximum Gasteiger partial charge on any atom is 0.245 e. The predicted octanol–water partition coefficient (Wildman–Crippen LogP) is 3.42. The number of pyridine rings is 1. The third kappa shape index (κ3) is 4.56. The normalized spacial score (nSPS) is 18.0. The Hall–Kier alpha value is -3.40. The molecule has 3 heterocycles. The van der Waals surface area contributed by atoms with E-state index in [4.69, 9.17) is 11.6 Å². The van der Waals surface area contributed by atoms with Crippen LogP contribution in [0.1, 0.15) is 17.7 Å². The summed E-state index contributed by atoms with van der Waals surface area (Å²) in [6.45, 7) is 2.46. The van der Waals surface area contributed by atoms with E-state index in [0.717, 1.165) is 4.90 Å². The summed E-state index contributed by atoms with van der Waals surface area (Å²) < 4.78 is 43.3. The minimum Gasteiger partial charge on any atom is -0.350 e. The summed E-state index contributed by atoms with van der Waals surface area (Å²) in [4.78, 5) is 30.8. The Bertz CT molecular complexity index is 1250. The number of amides is 2. The van der Waals surface area contributed by atoms with Gasteiger partial charge in [-0.3, -0.25) is 19.3 Å². The molecule has 1 aliphatic heterocycles. The molecule has 1 aliphatic rings. The SMILES string of the molecule is C=C(F)c1nn(CC(=O)N2CC(F)CC2C(=O)NCc2cccc(Cl)c2F)c2cnccc12. The number of benzene rings is 1. The van der Waals surface area contributed by atoms with Gasteiger partial charge in [0.15, 0.2) is 0 Å². The summed E-state index contributed by atoms with van der Waals surface area (Å²) in [6, 6.07) is 4.85. The topological polar surface area (TPSA) is 80.1 Å². The number of rotatable bonds is 6. The van der Waals surface area contributed by atoms with Crippen LogP contribution in [0.25, 0.3) is 16.7 Å². The largest absolute Gasteiger partial charge is 0.350 e. The van der Waals surface area contributed by atoms with Gasteiger partial charge < -0.3 is 10.2 Å². The number of aromatic nitrogens is 3. The van der Waals surface area contributed by atoms with Crippen LogP contribution in [0, 0.1) is 5.82 Å². The fraction of sp³-hybridized carbons (Fsp3) is 0.273. The van der Waals surface area contributed by atoms with E-state index in [-0.39, 0.29) is 42.3 Å². The molecule has 2 atom stereocenters. The van der Waals surface area contributed by atoms with Crippen molar-refractivity contribution in [1.29, 1.82) is 0 Å². The van der Waals surface area contributed by atoms with Crippen LogP contribution in [-0.4, -0.2) is 50.2 Å². The molecule has 1 N–H and O–H groups in total. The van der Waals surface area contributed by atoms with E-state index in [1.807, 2.05) is 0 Å². The Morgan fingerprint density at radius 3 is 2.85 bits per heavy atom. The van der Waals surface area contributed by atoms with Crippen LogP contribution in [0.5, 0.6) is 0 Å². The minimum atomic E-state index is -1.40. The Labute approximate surface area is 191 Å². The van der Waals surface area contributed by atoms with E-state index in [9.17, 15) is 22.8 Å². The molecule has 7 nitrogen and oxygen atoms in total. The van der Waals surface area contributed by atoms with Gasteiger partial charge in [0.2, 0.25) is 11.8 Å². The molecule has 172 valence electrons. The molecular formula is C22H19ClF3N5O2. The number of likely N-dealkylation sites (tertiary alicyclic amines) is 1. The first-order valence-electron chi connectivity index (χ1n) is 10.1. The number of carbonyl (C=O) groups is 2. The molecule has 0 spiro atoms. The van der Waals surface area contributed by atoms with Gasteiger partial charge in [-0.2, -0.15) is 5.10 Å². The average molecular weight is 478 g/mol. The summed E-state index contributed by atoms with van der Waals surface area (Å²) in [5.41, 5.74) is 0.536. The Balaban J connectivity index is 1.50. The van der Waals surface area contributed by atoms with Crippen molar-refractivity contribution in [3.63, 3.8) is 0 Å². The van der Waals surface area contributed by atoms with Crippen LogP contribution < -0.4 is 5.32 Å². The van der Waals surface area contributed by atoms with Gasteiger partial charge >= 0.3 is 0 Å². The number of alkyl halides is 1. The van der Waals surface area contributed by atoms with E-state index in [2.05, 4.69) is 22.0 Å². The molecule has 1 saturated heterocycles. The second kappa shape index (κ2) is 9.22. The van der Waals surface area contributed by atoms with Crippen LogP contribution in [0.4, 0.5) is 13.2 Å². The quantitative estimate of drug-likeness (QED) is 0.590. The van der Waals surface area contributed by atoms with Gasteiger partial charge in [-0.05, 0) is 12.1 Å². The van der Waals surface area contributed by atoms with Crippen LogP contribution in [0.3, 0.4) is 0 Å². The standard InChI is InChI=1S/C22H19ClF3N5O2/c1-12(24)21-15-5-6-27-9-18(15)31(29-21)11-19(32)30-10-14(25)7-17(30)22(33)28-8-13-3-2-4-16(23)20(13)26/h2-6,9,14,17H,1,7-8,10-11H2,(H,28,33). The highest BCUT2D eigenvalue weighted by atomic mass is 35.5. The molecule has 11 heteroatoms. The lowest BCUT2D eigenvalue weighted by molar-refractivity contribution is -0.139. The van der Waals surface area contributed by atoms with Crippen molar-refractivity contribution in [3.8, 4) is 0 Å². The number of fused-ring (bicyclic) bond motifs is 1. The Morgan fingerprint density at radius 2 is 2.09 bits per heavy atom. The molecule has 0 aliphatic carbocycles. The van der Waals surface area contributed by atoms with E-state index < -0.39 is 35.7 Å². The first-order valence-corrected chi connectivity index (χ1v) is 10.4. The maximum atomic E-state index is 14.2. The monoisotopic (exact) mass is 477 g/mol. The predicted molar refractivity (Wildman–Crippen MR) is 116 cm³/mol.